The van der Waals surface area contributed by atoms with E-state index in [0.29, 0.717) is 29.7 Å². The molecule has 3 saturated carbocycles. The summed E-state index contributed by atoms with van der Waals surface area (Å²) in [7, 11) is 0. The summed E-state index contributed by atoms with van der Waals surface area (Å²) in [5.74, 6) is 3.14. The maximum Gasteiger partial charge on any atom is 0.243 e. The van der Waals surface area contributed by atoms with Gasteiger partial charge in [0.15, 0.2) is 0 Å². The summed E-state index contributed by atoms with van der Waals surface area (Å²) in [5.41, 5.74) is -0.0590. The number of carbonyl (C=O) groups excluding carboxylic acids is 2. The molecule has 144 valence electrons. The Balaban J connectivity index is 1.52. The second-order valence-corrected chi connectivity index (χ2v) is 10.4. The summed E-state index contributed by atoms with van der Waals surface area (Å²) in [4.78, 5) is 24.6. The zero-order valence-corrected chi connectivity index (χ0v) is 16.7. The second kappa shape index (κ2) is 6.10. The lowest BCUT2D eigenvalue weighted by Crippen LogP contribution is -2.58. The standard InChI is InChI=1S/C22H34N2O2/c1-21(2,3)24-20(26)16-6-5-13-14(16)7-9-17-15(13)8-10-18-22(17,4)12-11-19(25)23-18/h11-18H,5-10H2,1-4H3,(H,23,25)(H,24,26)/t13-,14?,15+,16+,17+,18-,22-/m1/s1. The van der Waals surface area contributed by atoms with Crippen molar-refractivity contribution in [3.63, 3.8) is 0 Å². The predicted molar refractivity (Wildman–Crippen MR) is 102 cm³/mol. The Kier molecular flexibility index (Phi) is 4.24. The van der Waals surface area contributed by atoms with Crippen LogP contribution in [0.1, 0.15) is 66.2 Å². The van der Waals surface area contributed by atoms with Gasteiger partial charge in [-0.15, -0.1) is 0 Å². The third-order valence-electron chi connectivity index (χ3n) is 7.84. The molecule has 4 rings (SSSR count). The van der Waals surface area contributed by atoms with Crippen LogP contribution >= 0.6 is 0 Å². The third kappa shape index (κ3) is 2.90. The van der Waals surface area contributed by atoms with Gasteiger partial charge in [-0.2, -0.15) is 0 Å². The van der Waals surface area contributed by atoms with E-state index < -0.39 is 0 Å². The molecule has 7 atom stereocenters. The first-order chi connectivity index (χ1) is 12.2. The molecule has 2 N–H and O–H groups in total. The van der Waals surface area contributed by atoms with Gasteiger partial charge in [0.1, 0.15) is 0 Å². The zero-order chi connectivity index (χ0) is 18.7. The van der Waals surface area contributed by atoms with Gasteiger partial charge in [-0.1, -0.05) is 13.0 Å². The Labute approximate surface area is 157 Å². The molecule has 3 fully saturated rings. The summed E-state index contributed by atoms with van der Waals surface area (Å²) in [6.45, 7) is 8.56. The van der Waals surface area contributed by atoms with E-state index in [1.54, 1.807) is 6.08 Å². The fraction of sp³-hybridized carbons (Fsp3) is 0.818. The van der Waals surface area contributed by atoms with E-state index in [4.69, 9.17) is 0 Å². The topological polar surface area (TPSA) is 58.2 Å². The van der Waals surface area contributed by atoms with E-state index in [2.05, 4.69) is 44.4 Å². The van der Waals surface area contributed by atoms with Crippen LogP contribution in [-0.2, 0) is 9.59 Å². The van der Waals surface area contributed by atoms with Crippen LogP contribution in [0.15, 0.2) is 12.2 Å². The van der Waals surface area contributed by atoms with Crippen molar-refractivity contribution in [1.29, 1.82) is 0 Å². The fourth-order valence-corrected chi connectivity index (χ4v) is 6.78. The third-order valence-corrected chi connectivity index (χ3v) is 7.84. The van der Waals surface area contributed by atoms with Gasteiger partial charge in [-0.05, 0) is 89.0 Å². The van der Waals surface area contributed by atoms with E-state index >= 15 is 0 Å². The molecule has 0 aromatic carbocycles. The number of hydrogen-bond acceptors (Lipinski definition) is 2. The molecule has 1 heterocycles. The van der Waals surface area contributed by atoms with Crippen molar-refractivity contribution in [2.45, 2.75) is 77.8 Å². The molecule has 4 nitrogen and oxygen atoms in total. The molecule has 0 saturated heterocycles. The highest BCUT2D eigenvalue weighted by Crippen LogP contribution is 2.60. The molecule has 4 aliphatic rings. The van der Waals surface area contributed by atoms with Gasteiger partial charge in [-0.25, -0.2) is 0 Å². The lowest BCUT2D eigenvalue weighted by Gasteiger charge is -2.56. The number of nitrogens with one attached hydrogen (secondary N) is 2. The van der Waals surface area contributed by atoms with Crippen LogP contribution in [0.25, 0.3) is 0 Å². The normalized spacial score (nSPS) is 44.5. The van der Waals surface area contributed by atoms with Crippen LogP contribution in [0.2, 0.25) is 0 Å². The summed E-state index contributed by atoms with van der Waals surface area (Å²) in [6, 6.07) is 0.291. The van der Waals surface area contributed by atoms with Crippen molar-refractivity contribution in [2.75, 3.05) is 0 Å². The van der Waals surface area contributed by atoms with Gasteiger partial charge >= 0.3 is 0 Å². The van der Waals surface area contributed by atoms with Crippen LogP contribution in [0, 0.1) is 35.0 Å². The zero-order valence-electron chi connectivity index (χ0n) is 16.7. The number of fused-ring (bicyclic) bond motifs is 5. The van der Waals surface area contributed by atoms with Crippen LogP contribution in [0.4, 0.5) is 0 Å². The second-order valence-electron chi connectivity index (χ2n) is 10.4. The molecule has 0 radical (unpaired) electrons. The van der Waals surface area contributed by atoms with E-state index in [1.807, 2.05) is 0 Å². The van der Waals surface area contributed by atoms with E-state index in [-0.39, 0.29) is 28.7 Å². The summed E-state index contributed by atoms with van der Waals surface area (Å²) < 4.78 is 0. The van der Waals surface area contributed by atoms with Crippen LogP contribution in [0.5, 0.6) is 0 Å². The molecule has 3 aliphatic carbocycles. The Morgan fingerprint density at radius 3 is 2.50 bits per heavy atom. The van der Waals surface area contributed by atoms with E-state index in [0.717, 1.165) is 19.3 Å². The molecular formula is C22H34N2O2. The maximum absolute atomic E-state index is 12.8. The molecule has 1 aliphatic heterocycles. The van der Waals surface area contributed by atoms with E-state index in [1.165, 1.54) is 19.3 Å². The number of amides is 2. The Hall–Kier alpha value is -1.32. The van der Waals surface area contributed by atoms with E-state index in [9.17, 15) is 9.59 Å². The summed E-state index contributed by atoms with van der Waals surface area (Å²) >= 11 is 0. The average molecular weight is 359 g/mol. The quantitative estimate of drug-likeness (QED) is 0.754. The van der Waals surface area contributed by atoms with Crippen molar-refractivity contribution in [3.8, 4) is 0 Å². The Bertz CT molecular complexity index is 635. The summed E-state index contributed by atoms with van der Waals surface area (Å²) in [5, 5.41) is 6.44. The minimum atomic E-state index is -0.150. The monoisotopic (exact) mass is 358 g/mol. The highest BCUT2D eigenvalue weighted by Gasteiger charge is 2.56. The maximum atomic E-state index is 12.8. The van der Waals surface area contributed by atoms with Gasteiger partial charge < -0.3 is 10.6 Å². The largest absolute Gasteiger partial charge is 0.351 e. The first-order valence-electron chi connectivity index (χ1n) is 10.5. The average Bonchev–Trinajstić information content (AvgIpc) is 2.98. The van der Waals surface area contributed by atoms with Crippen molar-refractivity contribution >= 4 is 11.8 Å². The first-order valence-corrected chi connectivity index (χ1v) is 10.5. The number of hydrogen-bond donors (Lipinski definition) is 2. The van der Waals surface area contributed by atoms with Gasteiger partial charge in [0.2, 0.25) is 11.8 Å². The highest BCUT2D eigenvalue weighted by molar-refractivity contribution is 5.89. The molecule has 0 spiro atoms. The predicted octanol–water partition coefficient (Wildman–Crippen LogP) is 3.42. The molecule has 2 amide bonds. The fourth-order valence-electron chi connectivity index (χ4n) is 6.78. The van der Waals surface area contributed by atoms with Crippen LogP contribution in [-0.4, -0.2) is 23.4 Å². The van der Waals surface area contributed by atoms with Crippen LogP contribution < -0.4 is 10.6 Å². The molecule has 26 heavy (non-hydrogen) atoms. The lowest BCUT2D eigenvalue weighted by atomic mass is 9.51. The molecule has 0 aromatic rings. The number of carbonyl (C=O) groups is 2. The highest BCUT2D eigenvalue weighted by atomic mass is 16.2. The minimum Gasteiger partial charge on any atom is -0.351 e. The van der Waals surface area contributed by atoms with Crippen molar-refractivity contribution in [3.05, 3.63) is 12.2 Å². The van der Waals surface area contributed by atoms with Gasteiger partial charge in [0.05, 0.1) is 0 Å². The minimum absolute atomic E-state index is 0.0689. The SMILES string of the molecule is CC(C)(C)NC(=O)[C@H]1CC[C@@H]2C1CC[C@H]1[C@H]2CC[C@H]2NC(=O)C=C[C@@]21C. The smallest absolute Gasteiger partial charge is 0.243 e. The molecule has 1 unspecified atom stereocenters. The van der Waals surface area contributed by atoms with Gasteiger partial charge in [0, 0.05) is 22.9 Å². The van der Waals surface area contributed by atoms with Crippen LogP contribution in [0.3, 0.4) is 0 Å². The Morgan fingerprint density at radius 2 is 1.77 bits per heavy atom. The van der Waals surface area contributed by atoms with Gasteiger partial charge in [0.25, 0.3) is 0 Å². The first kappa shape index (κ1) is 18.1. The van der Waals surface area contributed by atoms with Crippen molar-refractivity contribution < 1.29 is 9.59 Å². The molecule has 0 bridgehead atoms. The lowest BCUT2D eigenvalue weighted by molar-refractivity contribution is -0.130. The Morgan fingerprint density at radius 1 is 1.08 bits per heavy atom. The summed E-state index contributed by atoms with van der Waals surface area (Å²) in [6.07, 6.45) is 10.8. The van der Waals surface area contributed by atoms with Crippen molar-refractivity contribution in [1.82, 2.24) is 10.6 Å². The molecule has 4 heteroatoms. The number of rotatable bonds is 1. The van der Waals surface area contributed by atoms with Crippen molar-refractivity contribution in [2.24, 2.45) is 35.0 Å². The van der Waals surface area contributed by atoms with Gasteiger partial charge in [-0.3, -0.25) is 9.59 Å². The molecule has 0 aromatic heterocycles. The molecular weight excluding hydrogens is 324 g/mol.